The predicted octanol–water partition coefficient (Wildman–Crippen LogP) is 3.25. The van der Waals surface area contributed by atoms with Crippen LogP contribution in [0.25, 0.3) is 22.2 Å². The van der Waals surface area contributed by atoms with E-state index >= 15 is 0 Å². The molecule has 3 aromatic rings. The van der Waals surface area contributed by atoms with Crippen molar-refractivity contribution in [2.24, 2.45) is 0 Å². The van der Waals surface area contributed by atoms with E-state index < -0.39 is 5.97 Å². The molecule has 1 fully saturated rings. The van der Waals surface area contributed by atoms with Gasteiger partial charge in [0, 0.05) is 5.92 Å². The Kier molecular flexibility index (Phi) is 4.18. The number of aromatic nitrogens is 3. The van der Waals surface area contributed by atoms with Gasteiger partial charge in [0.25, 0.3) is 5.56 Å². The summed E-state index contributed by atoms with van der Waals surface area (Å²) < 4.78 is 11.8. The highest BCUT2D eigenvalue weighted by Gasteiger charge is 2.29. The quantitative estimate of drug-likeness (QED) is 0.647. The molecule has 0 bridgehead atoms. The first-order chi connectivity index (χ1) is 13.7. The SMILES string of the molecule is COC(=O)Cn1cnc2c(oc3nc(C4CCCCC4)c4c(c32)CCC4)c1=O. The van der Waals surface area contributed by atoms with Crippen LogP contribution >= 0.6 is 0 Å². The van der Waals surface area contributed by atoms with E-state index in [1.807, 2.05) is 0 Å². The summed E-state index contributed by atoms with van der Waals surface area (Å²) in [7, 11) is 1.29. The molecule has 7 heteroatoms. The number of rotatable bonds is 3. The smallest absolute Gasteiger partial charge is 0.325 e. The number of ether oxygens (including phenoxy) is 1. The average molecular weight is 381 g/mol. The largest absolute Gasteiger partial charge is 0.468 e. The normalized spacial score (nSPS) is 17.3. The van der Waals surface area contributed by atoms with Gasteiger partial charge in [0.15, 0.2) is 0 Å². The van der Waals surface area contributed by atoms with Crippen molar-refractivity contribution < 1.29 is 13.9 Å². The number of aryl methyl sites for hydroxylation is 1. The third kappa shape index (κ3) is 2.64. The van der Waals surface area contributed by atoms with Gasteiger partial charge >= 0.3 is 5.97 Å². The van der Waals surface area contributed by atoms with Crippen molar-refractivity contribution in [2.45, 2.75) is 63.8 Å². The lowest BCUT2D eigenvalue weighted by atomic mass is 9.84. The van der Waals surface area contributed by atoms with Crippen molar-refractivity contribution >= 4 is 28.2 Å². The number of methoxy groups -OCH3 is 1. The second-order valence-electron chi connectivity index (χ2n) is 7.86. The number of hydrogen-bond acceptors (Lipinski definition) is 6. The van der Waals surface area contributed by atoms with Gasteiger partial charge in [0.05, 0.1) is 24.5 Å². The van der Waals surface area contributed by atoms with Crippen molar-refractivity contribution in [2.75, 3.05) is 7.11 Å². The van der Waals surface area contributed by atoms with Crippen LogP contribution in [-0.4, -0.2) is 27.6 Å². The standard InChI is InChI=1S/C21H23N3O4/c1-27-15(25)10-24-11-22-18-16-13-8-5-9-14(13)17(12-6-3-2-4-7-12)23-20(16)28-19(18)21(24)26/h11-12H,2-10H2,1H3. The highest BCUT2D eigenvalue weighted by atomic mass is 16.5. The molecular formula is C21H23N3O4. The molecule has 0 N–H and O–H groups in total. The van der Waals surface area contributed by atoms with Gasteiger partial charge in [-0.1, -0.05) is 19.3 Å². The lowest BCUT2D eigenvalue weighted by Crippen LogP contribution is -2.24. The topological polar surface area (TPSA) is 87.2 Å². The lowest BCUT2D eigenvalue weighted by molar-refractivity contribution is -0.141. The summed E-state index contributed by atoms with van der Waals surface area (Å²) in [6.45, 7) is -0.186. The number of hydrogen-bond donors (Lipinski definition) is 0. The molecule has 0 aliphatic heterocycles. The Morgan fingerprint density at radius 1 is 1.21 bits per heavy atom. The van der Waals surface area contributed by atoms with Crippen LogP contribution in [0.4, 0.5) is 0 Å². The Labute approximate surface area is 161 Å². The molecule has 0 atom stereocenters. The maximum atomic E-state index is 12.8. The van der Waals surface area contributed by atoms with E-state index in [2.05, 4.69) is 9.72 Å². The maximum Gasteiger partial charge on any atom is 0.325 e. The number of furan rings is 1. The van der Waals surface area contributed by atoms with Crippen molar-refractivity contribution in [3.63, 3.8) is 0 Å². The minimum Gasteiger partial charge on any atom is -0.468 e. The summed E-state index contributed by atoms with van der Waals surface area (Å²) in [6, 6.07) is 0. The third-order valence-corrected chi connectivity index (χ3v) is 6.22. The van der Waals surface area contributed by atoms with Crippen LogP contribution in [0.1, 0.15) is 61.3 Å². The molecule has 0 unspecified atom stereocenters. The molecule has 5 rings (SSSR count). The van der Waals surface area contributed by atoms with Gasteiger partial charge in [-0.2, -0.15) is 0 Å². The summed E-state index contributed by atoms with van der Waals surface area (Å²) in [4.78, 5) is 33.8. The molecule has 7 nitrogen and oxygen atoms in total. The van der Waals surface area contributed by atoms with Crippen LogP contribution in [-0.2, 0) is 28.9 Å². The van der Waals surface area contributed by atoms with E-state index in [1.54, 1.807) is 0 Å². The Hall–Kier alpha value is -2.70. The van der Waals surface area contributed by atoms with E-state index in [9.17, 15) is 9.59 Å². The Balaban J connectivity index is 1.71. The molecule has 0 saturated heterocycles. The van der Waals surface area contributed by atoms with Gasteiger partial charge in [-0.25, -0.2) is 9.97 Å². The average Bonchev–Trinajstić information content (AvgIpc) is 3.34. The van der Waals surface area contributed by atoms with Gasteiger partial charge < -0.3 is 9.15 Å². The van der Waals surface area contributed by atoms with Gasteiger partial charge in [-0.15, -0.1) is 0 Å². The third-order valence-electron chi connectivity index (χ3n) is 6.22. The minimum absolute atomic E-state index is 0.170. The zero-order valence-electron chi connectivity index (χ0n) is 16.0. The Morgan fingerprint density at radius 3 is 2.79 bits per heavy atom. The summed E-state index contributed by atoms with van der Waals surface area (Å²) in [5.41, 5.74) is 4.64. The summed E-state index contributed by atoms with van der Waals surface area (Å²) >= 11 is 0. The summed E-state index contributed by atoms with van der Waals surface area (Å²) in [5.74, 6) is -0.0138. The van der Waals surface area contributed by atoms with Crippen LogP contribution in [0.3, 0.4) is 0 Å². The van der Waals surface area contributed by atoms with E-state index in [0.29, 0.717) is 17.1 Å². The number of pyridine rings is 1. The summed E-state index contributed by atoms with van der Waals surface area (Å²) in [5, 5.41) is 0.879. The molecule has 1 saturated carbocycles. The lowest BCUT2D eigenvalue weighted by Gasteiger charge is -2.23. The predicted molar refractivity (Wildman–Crippen MR) is 103 cm³/mol. The molecule has 3 heterocycles. The number of esters is 1. The van der Waals surface area contributed by atoms with Crippen LogP contribution < -0.4 is 5.56 Å². The van der Waals surface area contributed by atoms with Gasteiger partial charge in [0.2, 0.25) is 11.3 Å². The Bertz CT molecular complexity index is 1140. The number of nitrogens with zero attached hydrogens (tertiary/aromatic N) is 3. The van der Waals surface area contributed by atoms with E-state index in [4.69, 9.17) is 9.40 Å². The molecule has 2 aliphatic carbocycles. The van der Waals surface area contributed by atoms with Gasteiger partial charge in [0.1, 0.15) is 12.1 Å². The molecule has 0 radical (unpaired) electrons. The molecule has 146 valence electrons. The van der Waals surface area contributed by atoms with Gasteiger partial charge in [-0.05, 0) is 43.2 Å². The highest BCUT2D eigenvalue weighted by molar-refractivity contribution is 6.03. The van der Waals surface area contributed by atoms with Crippen LogP contribution in [0.2, 0.25) is 0 Å². The van der Waals surface area contributed by atoms with Crippen molar-refractivity contribution in [1.29, 1.82) is 0 Å². The summed E-state index contributed by atoms with van der Waals surface area (Å²) in [6.07, 6.45) is 10.7. The first-order valence-corrected chi connectivity index (χ1v) is 10.1. The Morgan fingerprint density at radius 2 is 2.00 bits per heavy atom. The fraction of sp³-hybridized carbons (Fsp3) is 0.524. The molecule has 0 aromatic carbocycles. The van der Waals surface area contributed by atoms with Crippen molar-refractivity contribution in [1.82, 2.24) is 14.5 Å². The molecular weight excluding hydrogens is 358 g/mol. The zero-order chi connectivity index (χ0) is 19.3. The monoisotopic (exact) mass is 381 g/mol. The van der Waals surface area contributed by atoms with Crippen molar-refractivity contribution in [3.05, 3.63) is 33.5 Å². The van der Waals surface area contributed by atoms with Crippen molar-refractivity contribution in [3.8, 4) is 0 Å². The van der Waals surface area contributed by atoms with E-state index in [0.717, 1.165) is 24.6 Å². The van der Waals surface area contributed by atoms with Crippen LogP contribution in [0, 0.1) is 0 Å². The van der Waals surface area contributed by atoms with Crippen LogP contribution in [0.5, 0.6) is 0 Å². The fourth-order valence-corrected chi connectivity index (χ4v) is 4.85. The molecule has 0 amide bonds. The molecule has 2 aliphatic rings. The number of carbonyl (C=O) groups excluding carboxylic acids is 1. The van der Waals surface area contributed by atoms with E-state index in [1.165, 1.54) is 66.9 Å². The van der Waals surface area contributed by atoms with E-state index in [-0.39, 0.29) is 17.7 Å². The van der Waals surface area contributed by atoms with Gasteiger partial charge in [-0.3, -0.25) is 14.2 Å². The second-order valence-corrected chi connectivity index (χ2v) is 7.86. The first kappa shape index (κ1) is 17.4. The van der Waals surface area contributed by atoms with Crippen LogP contribution in [0.15, 0.2) is 15.5 Å². The zero-order valence-corrected chi connectivity index (χ0v) is 16.0. The molecule has 0 spiro atoms. The minimum atomic E-state index is -0.502. The molecule has 3 aromatic heterocycles. The fourth-order valence-electron chi connectivity index (χ4n) is 4.85. The number of fused-ring (bicyclic) bond motifs is 5. The number of carbonyl (C=O) groups is 1. The second kappa shape index (κ2) is 6.72. The first-order valence-electron chi connectivity index (χ1n) is 10.1. The maximum absolute atomic E-state index is 12.8. The highest BCUT2D eigenvalue weighted by Crippen LogP contribution is 2.41. The molecule has 28 heavy (non-hydrogen) atoms.